The van der Waals surface area contributed by atoms with Crippen molar-refractivity contribution < 1.29 is 19.5 Å². The number of hydrogen-bond acceptors (Lipinski definition) is 4. The number of anilines is 1. The van der Waals surface area contributed by atoms with Crippen molar-refractivity contribution in [3.8, 4) is 0 Å². The summed E-state index contributed by atoms with van der Waals surface area (Å²) in [4.78, 5) is 42.1. The molecule has 0 unspecified atom stereocenters. The maximum absolute atomic E-state index is 13.1. The lowest BCUT2D eigenvalue weighted by Gasteiger charge is -2.33. The molecule has 0 aromatic heterocycles. The zero-order chi connectivity index (χ0) is 21.3. The maximum atomic E-state index is 13.1. The molecule has 1 saturated heterocycles. The van der Waals surface area contributed by atoms with E-state index in [0.717, 1.165) is 51.6 Å². The number of benzene rings is 1. The van der Waals surface area contributed by atoms with Gasteiger partial charge in [-0.05, 0) is 81.2 Å². The molecule has 3 aliphatic rings. The van der Waals surface area contributed by atoms with Crippen LogP contribution in [0.2, 0.25) is 0 Å². The SMILES string of the molecule is CN1CCc2ccc(N3C(=O)CN(C4CCC(CCC(=O)O)CC4)C3=O)cc2CC1. The number of fused-ring (bicyclic) bond motifs is 1. The Morgan fingerprint density at radius 3 is 2.47 bits per heavy atom. The van der Waals surface area contributed by atoms with E-state index in [-0.39, 0.29) is 30.9 Å². The van der Waals surface area contributed by atoms with E-state index in [9.17, 15) is 14.4 Å². The largest absolute Gasteiger partial charge is 0.481 e. The van der Waals surface area contributed by atoms with E-state index in [1.165, 1.54) is 16.0 Å². The third-order valence-corrected chi connectivity index (χ3v) is 6.99. The molecule has 7 nitrogen and oxygen atoms in total. The van der Waals surface area contributed by atoms with Gasteiger partial charge in [0.05, 0.1) is 5.69 Å². The third-order valence-electron chi connectivity index (χ3n) is 6.99. The average Bonchev–Trinajstić information content (AvgIpc) is 2.90. The molecule has 7 heteroatoms. The lowest BCUT2D eigenvalue weighted by molar-refractivity contribution is -0.137. The number of carbonyl (C=O) groups is 3. The fourth-order valence-corrected chi connectivity index (χ4v) is 5.09. The summed E-state index contributed by atoms with van der Waals surface area (Å²) in [5.41, 5.74) is 3.22. The van der Waals surface area contributed by atoms with E-state index >= 15 is 0 Å². The second-order valence-electron chi connectivity index (χ2n) is 9.00. The molecular weight excluding hydrogens is 382 g/mol. The highest BCUT2D eigenvalue weighted by atomic mass is 16.4. The number of likely N-dealkylation sites (N-methyl/N-ethyl adjacent to an activating group) is 1. The van der Waals surface area contributed by atoms with Crippen molar-refractivity contribution in [3.63, 3.8) is 0 Å². The third kappa shape index (κ3) is 4.36. The summed E-state index contributed by atoms with van der Waals surface area (Å²) in [5.74, 6) is -0.497. The van der Waals surface area contributed by atoms with E-state index in [0.29, 0.717) is 18.0 Å². The Kier molecular flexibility index (Phi) is 6.09. The highest BCUT2D eigenvalue weighted by Crippen LogP contribution is 2.34. The van der Waals surface area contributed by atoms with Gasteiger partial charge in [-0.1, -0.05) is 6.07 Å². The molecule has 2 aliphatic heterocycles. The average molecular weight is 414 g/mol. The van der Waals surface area contributed by atoms with Gasteiger partial charge in [0.25, 0.3) is 5.91 Å². The zero-order valence-electron chi connectivity index (χ0n) is 17.7. The number of nitrogens with zero attached hydrogens (tertiary/aromatic N) is 3. The van der Waals surface area contributed by atoms with Gasteiger partial charge in [-0.2, -0.15) is 0 Å². The molecule has 0 bridgehead atoms. The topological polar surface area (TPSA) is 81.2 Å². The number of carbonyl (C=O) groups excluding carboxylic acids is 2. The van der Waals surface area contributed by atoms with Crippen LogP contribution in [0.4, 0.5) is 10.5 Å². The molecule has 4 rings (SSSR count). The quantitative estimate of drug-likeness (QED) is 0.751. The number of hydrogen-bond donors (Lipinski definition) is 1. The molecule has 30 heavy (non-hydrogen) atoms. The number of imide groups is 1. The van der Waals surface area contributed by atoms with E-state index in [2.05, 4.69) is 18.0 Å². The molecule has 0 atom stereocenters. The van der Waals surface area contributed by atoms with Crippen LogP contribution in [-0.2, 0) is 22.4 Å². The maximum Gasteiger partial charge on any atom is 0.332 e. The van der Waals surface area contributed by atoms with Crippen LogP contribution in [0.3, 0.4) is 0 Å². The summed E-state index contributed by atoms with van der Waals surface area (Å²) in [6.07, 6.45) is 6.35. The van der Waals surface area contributed by atoms with Gasteiger partial charge in [0.1, 0.15) is 6.54 Å². The molecule has 0 radical (unpaired) electrons. The lowest BCUT2D eigenvalue weighted by Crippen LogP contribution is -2.41. The van der Waals surface area contributed by atoms with E-state index in [1.807, 2.05) is 12.1 Å². The van der Waals surface area contributed by atoms with E-state index < -0.39 is 5.97 Å². The first-order chi connectivity index (χ1) is 14.4. The number of carboxylic acids is 1. The molecular formula is C23H31N3O4. The fourth-order valence-electron chi connectivity index (χ4n) is 5.09. The second-order valence-corrected chi connectivity index (χ2v) is 9.00. The number of rotatable bonds is 5. The summed E-state index contributed by atoms with van der Waals surface area (Å²) >= 11 is 0. The Hall–Kier alpha value is -2.41. The lowest BCUT2D eigenvalue weighted by atomic mass is 9.83. The van der Waals surface area contributed by atoms with Gasteiger partial charge in [0.2, 0.25) is 0 Å². The van der Waals surface area contributed by atoms with Crippen LogP contribution in [-0.4, -0.2) is 65.5 Å². The monoisotopic (exact) mass is 413 g/mol. The summed E-state index contributed by atoms with van der Waals surface area (Å²) in [7, 11) is 2.12. The second kappa shape index (κ2) is 8.76. The van der Waals surface area contributed by atoms with Gasteiger partial charge >= 0.3 is 12.0 Å². The van der Waals surface area contributed by atoms with Crippen LogP contribution < -0.4 is 4.90 Å². The van der Waals surface area contributed by atoms with E-state index in [1.54, 1.807) is 4.90 Å². The van der Waals surface area contributed by atoms with Gasteiger partial charge in [0, 0.05) is 25.6 Å². The number of carboxylic acid groups (broad SMARTS) is 1. The minimum atomic E-state index is -0.750. The van der Waals surface area contributed by atoms with Gasteiger partial charge < -0.3 is 14.9 Å². The van der Waals surface area contributed by atoms with Crippen LogP contribution in [0.15, 0.2) is 18.2 Å². The van der Waals surface area contributed by atoms with Crippen molar-refractivity contribution in [3.05, 3.63) is 29.3 Å². The Balaban J connectivity index is 1.42. The molecule has 1 saturated carbocycles. The standard InChI is InChI=1S/C23H31N3O4/c1-24-12-10-17-5-8-20(14-18(17)11-13-24)26-21(27)15-25(23(26)30)19-6-2-16(3-7-19)4-9-22(28)29/h5,8,14,16,19H,2-4,6-7,9-13,15H2,1H3,(H,28,29). The van der Waals surface area contributed by atoms with Crippen LogP contribution in [0, 0.1) is 5.92 Å². The summed E-state index contributed by atoms with van der Waals surface area (Å²) < 4.78 is 0. The number of aliphatic carboxylic acids is 1. The van der Waals surface area contributed by atoms with Crippen LogP contribution in [0.1, 0.15) is 49.7 Å². The van der Waals surface area contributed by atoms with Gasteiger partial charge in [0.15, 0.2) is 0 Å². The van der Waals surface area contributed by atoms with Crippen molar-refractivity contribution >= 4 is 23.6 Å². The zero-order valence-corrected chi connectivity index (χ0v) is 17.7. The smallest absolute Gasteiger partial charge is 0.332 e. The number of amides is 3. The molecule has 1 N–H and O–H groups in total. The van der Waals surface area contributed by atoms with Gasteiger partial charge in [-0.15, -0.1) is 0 Å². The van der Waals surface area contributed by atoms with E-state index in [4.69, 9.17) is 5.11 Å². The van der Waals surface area contributed by atoms with Crippen LogP contribution >= 0.6 is 0 Å². The molecule has 0 spiro atoms. The summed E-state index contributed by atoms with van der Waals surface area (Å²) in [5, 5.41) is 8.87. The van der Waals surface area contributed by atoms with Crippen LogP contribution in [0.25, 0.3) is 0 Å². The Morgan fingerprint density at radius 1 is 1.07 bits per heavy atom. The fraction of sp³-hybridized carbons (Fsp3) is 0.609. The van der Waals surface area contributed by atoms with Crippen molar-refractivity contribution in [1.82, 2.24) is 9.80 Å². The summed E-state index contributed by atoms with van der Waals surface area (Å²) in [6.45, 7) is 2.15. The minimum Gasteiger partial charge on any atom is -0.481 e. The summed E-state index contributed by atoms with van der Waals surface area (Å²) in [6, 6.07) is 5.87. The van der Waals surface area contributed by atoms with Gasteiger partial charge in [-0.3, -0.25) is 9.59 Å². The Morgan fingerprint density at radius 2 is 1.77 bits per heavy atom. The predicted octanol–water partition coefficient (Wildman–Crippen LogP) is 2.91. The highest BCUT2D eigenvalue weighted by Gasteiger charge is 2.41. The normalized spacial score (nSPS) is 25.4. The molecule has 1 aromatic rings. The number of urea groups is 1. The first-order valence-corrected chi connectivity index (χ1v) is 11.1. The molecule has 162 valence electrons. The Bertz CT molecular complexity index is 832. The molecule has 1 aromatic carbocycles. The van der Waals surface area contributed by atoms with Crippen molar-refractivity contribution in [1.29, 1.82) is 0 Å². The highest BCUT2D eigenvalue weighted by molar-refractivity contribution is 6.19. The molecule has 3 amide bonds. The van der Waals surface area contributed by atoms with Crippen molar-refractivity contribution in [2.24, 2.45) is 5.92 Å². The first-order valence-electron chi connectivity index (χ1n) is 11.1. The molecule has 1 aliphatic carbocycles. The molecule has 2 fully saturated rings. The van der Waals surface area contributed by atoms with Gasteiger partial charge in [-0.25, -0.2) is 9.69 Å². The van der Waals surface area contributed by atoms with Crippen molar-refractivity contribution in [2.75, 3.05) is 31.6 Å². The minimum absolute atomic E-state index is 0.0713. The first kappa shape index (κ1) is 20.8. The Labute approximate surface area is 177 Å². The van der Waals surface area contributed by atoms with Crippen molar-refractivity contribution in [2.45, 2.75) is 57.4 Å². The predicted molar refractivity (Wildman–Crippen MR) is 114 cm³/mol. The van der Waals surface area contributed by atoms with Crippen LogP contribution in [0.5, 0.6) is 0 Å². The molecule has 2 heterocycles.